The number of methoxy groups -OCH3 is 1. The molecular formula is C13H23N5O. The Kier molecular flexibility index (Phi) is 4.93. The van der Waals surface area contributed by atoms with Crippen LogP contribution in [0.1, 0.15) is 38.4 Å². The molecule has 1 aliphatic rings. The monoisotopic (exact) mass is 265 g/mol. The molecule has 0 aromatic carbocycles. The summed E-state index contributed by atoms with van der Waals surface area (Å²) in [5.74, 6) is 7.76. The second-order valence-corrected chi connectivity index (χ2v) is 4.96. The Morgan fingerprint density at radius 2 is 2.16 bits per heavy atom. The van der Waals surface area contributed by atoms with Gasteiger partial charge in [0.1, 0.15) is 17.5 Å². The zero-order chi connectivity index (χ0) is 13.7. The Bertz CT molecular complexity index is 412. The van der Waals surface area contributed by atoms with Gasteiger partial charge >= 0.3 is 0 Å². The van der Waals surface area contributed by atoms with Crippen LogP contribution in [-0.4, -0.2) is 29.2 Å². The molecule has 1 aliphatic carbocycles. The van der Waals surface area contributed by atoms with Gasteiger partial charge in [-0.1, -0.05) is 6.92 Å². The number of hydrogen-bond donors (Lipinski definition) is 3. The molecule has 0 spiro atoms. The minimum absolute atomic E-state index is 0.363. The van der Waals surface area contributed by atoms with Crippen LogP contribution in [0, 0.1) is 0 Å². The lowest BCUT2D eigenvalue weighted by Gasteiger charge is -2.15. The van der Waals surface area contributed by atoms with Gasteiger partial charge in [0.15, 0.2) is 0 Å². The number of nitrogen functional groups attached to an aromatic ring is 1. The third-order valence-electron chi connectivity index (χ3n) is 3.46. The van der Waals surface area contributed by atoms with Crippen LogP contribution in [0.4, 0.5) is 11.6 Å². The van der Waals surface area contributed by atoms with Gasteiger partial charge in [0, 0.05) is 25.6 Å². The second-order valence-electron chi connectivity index (χ2n) is 4.96. The van der Waals surface area contributed by atoms with Gasteiger partial charge in [-0.25, -0.2) is 15.8 Å². The van der Waals surface area contributed by atoms with Crippen molar-refractivity contribution in [3.8, 4) is 0 Å². The molecule has 1 aromatic rings. The standard InChI is InChI=1S/C13H23N5O/c1-3-4-11-16-12(8-13(17-11)18-14)15-9-5-6-10(7-9)19-2/h8-10H,3-7,14H2,1-2H3,(H2,15,16,17,18). The quantitative estimate of drug-likeness (QED) is 0.536. The molecule has 2 unspecified atom stereocenters. The molecule has 106 valence electrons. The zero-order valence-electron chi connectivity index (χ0n) is 11.6. The van der Waals surface area contributed by atoms with Gasteiger partial charge in [-0.3, -0.25) is 0 Å². The highest BCUT2D eigenvalue weighted by Crippen LogP contribution is 2.24. The van der Waals surface area contributed by atoms with Crippen LogP contribution in [0.15, 0.2) is 6.07 Å². The van der Waals surface area contributed by atoms with Crippen molar-refractivity contribution in [1.82, 2.24) is 9.97 Å². The Morgan fingerprint density at radius 3 is 2.79 bits per heavy atom. The number of aryl methyl sites for hydroxylation is 1. The van der Waals surface area contributed by atoms with Crippen LogP contribution in [0.3, 0.4) is 0 Å². The molecule has 0 bridgehead atoms. The zero-order valence-corrected chi connectivity index (χ0v) is 11.6. The molecule has 1 aromatic heterocycles. The predicted molar refractivity (Wildman–Crippen MR) is 75.9 cm³/mol. The molecule has 2 rings (SSSR count). The van der Waals surface area contributed by atoms with Crippen LogP contribution < -0.4 is 16.6 Å². The summed E-state index contributed by atoms with van der Waals surface area (Å²) in [5.41, 5.74) is 2.60. The fourth-order valence-electron chi connectivity index (χ4n) is 2.47. The largest absolute Gasteiger partial charge is 0.381 e. The lowest BCUT2D eigenvalue weighted by Crippen LogP contribution is -2.19. The number of rotatable bonds is 6. The maximum Gasteiger partial charge on any atom is 0.145 e. The third-order valence-corrected chi connectivity index (χ3v) is 3.46. The molecule has 1 heterocycles. The van der Waals surface area contributed by atoms with Crippen LogP contribution in [-0.2, 0) is 11.2 Å². The minimum atomic E-state index is 0.363. The van der Waals surface area contributed by atoms with Crippen LogP contribution >= 0.6 is 0 Å². The molecule has 19 heavy (non-hydrogen) atoms. The Hall–Kier alpha value is -1.40. The van der Waals surface area contributed by atoms with E-state index in [-0.39, 0.29) is 0 Å². The number of hydrazine groups is 1. The van der Waals surface area contributed by atoms with E-state index in [2.05, 4.69) is 27.6 Å². The van der Waals surface area contributed by atoms with Gasteiger partial charge in [-0.15, -0.1) is 0 Å². The SMILES string of the molecule is CCCc1nc(NN)cc(NC2CCC(OC)C2)n1. The summed E-state index contributed by atoms with van der Waals surface area (Å²) in [7, 11) is 1.77. The van der Waals surface area contributed by atoms with Crippen LogP contribution in [0.2, 0.25) is 0 Å². The van der Waals surface area contributed by atoms with Gasteiger partial charge in [0.25, 0.3) is 0 Å². The number of nitrogens with two attached hydrogens (primary N) is 1. The Balaban J connectivity index is 2.04. The normalized spacial score (nSPS) is 22.5. The van der Waals surface area contributed by atoms with Crippen molar-refractivity contribution in [3.05, 3.63) is 11.9 Å². The molecule has 1 saturated carbocycles. The van der Waals surface area contributed by atoms with Gasteiger partial charge in [0.2, 0.25) is 0 Å². The fraction of sp³-hybridized carbons (Fsp3) is 0.692. The van der Waals surface area contributed by atoms with Gasteiger partial charge in [0.05, 0.1) is 6.10 Å². The first-order valence-corrected chi connectivity index (χ1v) is 6.89. The molecule has 2 atom stereocenters. The lowest BCUT2D eigenvalue weighted by atomic mass is 10.2. The van der Waals surface area contributed by atoms with Gasteiger partial charge in [-0.2, -0.15) is 0 Å². The number of nitrogens with one attached hydrogen (secondary N) is 2. The smallest absolute Gasteiger partial charge is 0.145 e. The van der Waals surface area contributed by atoms with E-state index in [1.807, 2.05) is 6.07 Å². The number of nitrogens with zero attached hydrogens (tertiary/aromatic N) is 2. The maximum atomic E-state index is 5.45. The third kappa shape index (κ3) is 3.78. The number of aromatic nitrogens is 2. The van der Waals surface area contributed by atoms with E-state index in [4.69, 9.17) is 10.6 Å². The van der Waals surface area contributed by atoms with E-state index in [1.54, 1.807) is 7.11 Å². The first-order chi connectivity index (χ1) is 9.25. The summed E-state index contributed by atoms with van der Waals surface area (Å²) in [6.45, 7) is 2.11. The van der Waals surface area contributed by atoms with Crippen molar-refractivity contribution in [2.45, 2.75) is 51.2 Å². The first-order valence-electron chi connectivity index (χ1n) is 6.89. The molecular weight excluding hydrogens is 242 g/mol. The first kappa shape index (κ1) is 14.0. The summed E-state index contributed by atoms with van der Waals surface area (Å²) >= 11 is 0. The average Bonchev–Trinajstić information content (AvgIpc) is 2.86. The Morgan fingerprint density at radius 1 is 1.37 bits per heavy atom. The predicted octanol–water partition coefficient (Wildman–Crippen LogP) is 1.69. The van der Waals surface area contributed by atoms with E-state index < -0.39 is 0 Å². The number of anilines is 2. The maximum absolute atomic E-state index is 5.45. The molecule has 0 saturated heterocycles. The van der Waals surface area contributed by atoms with Crippen molar-refractivity contribution in [3.63, 3.8) is 0 Å². The highest BCUT2D eigenvalue weighted by atomic mass is 16.5. The Labute approximate surface area is 114 Å². The highest BCUT2D eigenvalue weighted by Gasteiger charge is 2.24. The number of ether oxygens (including phenoxy) is 1. The second kappa shape index (κ2) is 6.68. The summed E-state index contributed by atoms with van der Waals surface area (Å²) < 4.78 is 5.38. The fourth-order valence-corrected chi connectivity index (χ4v) is 2.47. The summed E-state index contributed by atoms with van der Waals surface area (Å²) in [6, 6.07) is 2.26. The summed E-state index contributed by atoms with van der Waals surface area (Å²) in [6.07, 6.45) is 5.47. The van der Waals surface area contributed by atoms with Gasteiger partial charge < -0.3 is 15.5 Å². The summed E-state index contributed by atoms with van der Waals surface area (Å²) in [5, 5.41) is 3.45. The van der Waals surface area contributed by atoms with Gasteiger partial charge in [-0.05, 0) is 25.7 Å². The van der Waals surface area contributed by atoms with Crippen molar-refractivity contribution >= 4 is 11.6 Å². The van der Waals surface area contributed by atoms with Crippen LogP contribution in [0.25, 0.3) is 0 Å². The highest BCUT2D eigenvalue weighted by molar-refractivity contribution is 5.47. The summed E-state index contributed by atoms with van der Waals surface area (Å²) in [4.78, 5) is 8.86. The molecule has 6 nitrogen and oxygen atoms in total. The van der Waals surface area contributed by atoms with E-state index in [0.717, 1.165) is 43.7 Å². The lowest BCUT2D eigenvalue weighted by molar-refractivity contribution is 0.108. The molecule has 6 heteroatoms. The molecule has 0 aliphatic heterocycles. The van der Waals surface area contributed by atoms with E-state index in [1.165, 1.54) is 0 Å². The number of hydrogen-bond acceptors (Lipinski definition) is 6. The van der Waals surface area contributed by atoms with Crippen molar-refractivity contribution in [1.29, 1.82) is 0 Å². The average molecular weight is 265 g/mol. The van der Waals surface area contributed by atoms with Crippen molar-refractivity contribution in [2.24, 2.45) is 5.84 Å². The topological polar surface area (TPSA) is 85.1 Å². The molecule has 1 fully saturated rings. The van der Waals surface area contributed by atoms with E-state index >= 15 is 0 Å². The molecule has 4 N–H and O–H groups in total. The minimum Gasteiger partial charge on any atom is -0.381 e. The van der Waals surface area contributed by atoms with Crippen LogP contribution in [0.5, 0.6) is 0 Å². The van der Waals surface area contributed by atoms with Crippen molar-refractivity contribution < 1.29 is 4.74 Å². The molecule has 0 amide bonds. The van der Waals surface area contributed by atoms with E-state index in [9.17, 15) is 0 Å². The van der Waals surface area contributed by atoms with E-state index in [0.29, 0.717) is 18.0 Å². The molecule has 0 radical (unpaired) electrons. The van der Waals surface area contributed by atoms with Crippen molar-refractivity contribution in [2.75, 3.05) is 17.9 Å².